The van der Waals surface area contributed by atoms with E-state index in [0.29, 0.717) is 29.5 Å². The highest BCUT2D eigenvalue weighted by molar-refractivity contribution is 7.93. The van der Waals surface area contributed by atoms with Crippen LogP contribution in [0, 0.1) is 40.4 Å². The number of hydrogen-bond donors (Lipinski definition) is 2. The van der Waals surface area contributed by atoms with Crippen LogP contribution in [0.25, 0.3) is 0 Å². The predicted molar refractivity (Wildman–Crippen MR) is 126 cm³/mol. The second-order valence-corrected chi connectivity index (χ2v) is 12.3. The zero-order valence-corrected chi connectivity index (χ0v) is 20.3. The first-order chi connectivity index (χ1) is 14.5. The minimum absolute atomic E-state index is 0.199. The summed E-state index contributed by atoms with van der Waals surface area (Å²) in [4.78, 5) is 12.1. The van der Waals surface area contributed by atoms with Crippen LogP contribution >= 0.6 is 12.0 Å². The number of amides is 1. The molecule has 0 bridgehead atoms. The fourth-order valence-electron chi connectivity index (χ4n) is 8.84. The predicted octanol–water partition coefficient (Wildman–Crippen LogP) is 6.92. The Morgan fingerprint density at radius 2 is 1.80 bits per heavy atom. The first kappa shape index (κ1) is 23.0. The average Bonchev–Trinajstić information content (AvgIpc) is 3.07. The molecule has 4 rings (SSSR count). The second kappa shape index (κ2) is 9.73. The van der Waals surface area contributed by atoms with Crippen LogP contribution < -0.4 is 5.32 Å². The molecule has 2 N–H and O–H groups in total. The largest absolute Gasteiger partial charge is 0.356 e. The summed E-state index contributed by atoms with van der Waals surface area (Å²) >= 11 is 0.860. The molecule has 0 spiro atoms. The molecule has 4 saturated carbocycles. The zero-order valence-electron chi connectivity index (χ0n) is 19.5. The van der Waals surface area contributed by atoms with Crippen molar-refractivity contribution in [3.63, 3.8) is 0 Å². The van der Waals surface area contributed by atoms with Crippen molar-refractivity contribution in [2.45, 2.75) is 104 Å². The van der Waals surface area contributed by atoms with E-state index in [1.807, 2.05) is 0 Å². The van der Waals surface area contributed by atoms with Gasteiger partial charge in [0.05, 0.1) is 0 Å². The van der Waals surface area contributed by atoms with Crippen LogP contribution in [0.1, 0.15) is 104 Å². The van der Waals surface area contributed by atoms with E-state index in [2.05, 4.69) is 19.2 Å². The van der Waals surface area contributed by atoms with Crippen LogP contribution in [0.15, 0.2) is 0 Å². The van der Waals surface area contributed by atoms with Crippen molar-refractivity contribution in [3.8, 4) is 0 Å². The molecule has 0 heterocycles. The van der Waals surface area contributed by atoms with Gasteiger partial charge in [-0.05, 0) is 123 Å². The van der Waals surface area contributed by atoms with Crippen LogP contribution in [-0.2, 0) is 4.79 Å². The lowest BCUT2D eigenvalue weighted by molar-refractivity contribution is -0.121. The third-order valence-electron chi connectivity index (χ3n) is 10.5. The smallest absolute Gasteiger partial charge is 0.219 e. The van der Waals surface area contributed by atoms with Gasteiger partial charge in [-0.1, -0.05) is 26.7 Å². The van der Waals surface area contributed by atoms with E-state index in [9.17, 15) is 4.79 Å². The van der Waals surface area contributed by atoms with Gasteiger partial charge in [0.2, 0.25) is 5.91 Å². The summed E-state index contributed by atoms with van der Waals surface area (Å²) in [5.74, 6) is 5.68. The van der Waals surface area contributed by atoms with Gasteiger partial charge in [0, 0.05) is 18.7 Å². The van der Waals surface area contributed by atoms with Gasteiger partial charge in [-0.25, -0.2) is 0 Å². The van der Waals surface area contributed by atoms with Crippen molar-refractivity contribution in [3.05, 3.63) is 0 Å². The topological polar surface area (TPSA) is 49.3 Å². The van der Waals surface area contributed by atoms with Crippen molar-refractivity contribution in [1.82, 2.24) is 5.32 Å². The van der Waals surface area contributed by atoms with E-state index in [1.165, 1.54) is 70.6 Å². The van der Waals surface area contributed by atoms with Crippen LogP contribution in [0.4, 0.5) is 0 Å². The molecule has 0 radical (unpaired) electrons. The molecule has 4 aliphatic carbocycles. The van der Waals surface area contributed by atoms with Gasteiger partial charge in [-0.3, -0.25) is 4.79 Å². The number of rotatable bonds is 8. The number of carbonyl (C=O) groups excluding carboxylic acids is 1. The van der Waals surface area contributed by atoms with Gasteiger partial charge < -0.3 is 9.87 Å². The molecule has 4 heteroatoms. The maximum atomic E-state index is 12.1. The van der Waals surface area contributed by atoms with Gasteiger partial charge in [0.1, 0.15) is 0 Å². The molecule has 3 nitrogen and oxygen atoms in total. The summed E-state index contributed by atoms with van der Waals surface area (Å²) in [6.07, 6.45) is 18.5. The highest BCUT2D eigenvalue weighted by Crippen LogP contribution is 2.67. The third-order valence-corrected chi connectivity index (χ3v) is 10.9. The molecular weight excluding hydrogens is 390 g/mol. The first-order valence-electron chi connectivity index (χ1n) is 13.0. The maximum Gasteiger partial charge on any atom is 0.219 e. The van der Waals surface area contributed by atoms with Gasteiger partial charge in [-0.15, -0.1) is 0 Å². The molecule has 0 aromatic rings. The average molecular weight is 436 g/mol. The highest BCUT2D eigenvalue weighted by atomic mass is 32.2. The molecule has 6 unspecified atom stereocenters. The third kappa shape index (κ3) is 4.34. The fraction of sp³-hybridized carbons (Fsp3) is 0.962. The Morgan fingerprint density at radius 1 is 0.967 bits per heavy atom. The quantitative estimate of drug-likeness (QED) is 0.321. The van der Waals surface area contributed by atoms with E-state index in [-0.39, 0.29) is 5.91 Å². The van der Waals surface area contributed by atoms with E-state index in [0.717, 1.165) is 54.5 Å². The van der Waals surface area contributed by atoms with Crippen LogP contribution in [0.3, 0.4) is 0 Å². The van der Waals surface area contributed by atoms with E-state index < -0.39 is 0 Å². The Balaban J connectivity index is 1.30. The molecule has 4 aliphatic rings. The molecule has 4 fully saturated rings. The molecule has 30 heavy (non-hydrogen) atoms. The first-order valence-corrected chi connectivity index (χ1v) is 14.0. The number of hydrogen-bond acceptors (Lipinski definition) is 3. The van der Waals surface area contributed by atoms with Crippen LogP contribution in [0.5, 0.6) is 0 Å². The molecular formula is C26H45NO2S. The number of fused-ring (bicyclic) bond motifs is 5. The SMILES string of the molecule is CC12CCCCC1CC[C@@H]1C2CCC2(C)C(CCCC(=O)NCCCSO)CCC12. The Labute approximate surface area is 189 Å². The van der Waals surface area contributed by atoms with Crippen molar-refractivity contribution in [2.24, 2.45) is 40.4 Å². The van der Waals surface area contributed by atoms with Crippen LogP contribution in [0.2, 0.25) is 0 Å². The van der Waals surface area contributed by atoms with Crippen molar-refractivity contribution >= 4 is 17.9 Å². The Morgan fingerprint density at radius 3 is 2.63 bits per heavy atom. The summed E-state index contributed by atoms with van der Waals surface area (Å²) in [6.45, 7) is 6.01. The number of nitrogens with one attached hydrogen (secondary N) is 1. The minimum Gasteiger partial charge on any atom is -0.356 e. The second-order valence-electron chi connectivity index (χ2n) is 11.7. The Bertz CT molecular complexity index is 598. The van der Waals surface area contributed by atoms with E-state index >= 15 is 0 Å². The van der Waals surface area contributed by atoms with Crippen molar-refractivity contribution in [2.75, 3.05) is 12.3 Å². The minimum atomic E-state index is 0.199. The van der Waals surface area contributed by atoms with Gasteiger partial charge in [-0.2, -0.15) is 0 Å². The lowest BCUT2D eigenvalue weighted by Crippen LogP contribution is -2.52. The summed E-state index contributed by atoms with van der Waals surface area (Å²) in [5.41, 5.74) is 1.18. The summed E-state index contributed by atoms with van der Waals surface area (Å²) < 4.78 is 8.76. The van der Waals surface area contributed by atoms with Crippen LogP contribution in [-0.4, -0.2) is 22.8 Å². The summed E-state index contributed by atoms with van der Waals surface area (Å²) in [6, 6.07) is 0. The van der Waals surface area contributed by atoms with Gasteiger partial charge >= 0.3 is 0 Å². The monoisotopic (exact) mass is 435 g/mol. The van der Waals surface area contributed by atoms with E-state index in [4.69, 9.17) is 4.55 Å². The molecule has 172 valence electrons. The van der Waals surface area contributed by atoms with Crippen molar-refractivity contribution in [1.29, 1.82) is 0 Å². The number of carbonyl (C=O) groups is 1. The molecule has 7 atom stereocenters. The lowest BCUT2D eigenvalue weighted by atomic mass is 9.45. The van der Waals surface area contributed by atoms with Gasteiger partial charge in [0.15, 0.2) is 0 Å². The van der Waals surface area contributed by atoms with E-state index in [1.54, 1.807) is 0 Å². The molecule has 1 amide bonds. The normalized spacial score (nSPS) is 42.8. The fourth-order valence-corrected chi connectivity index (χ4v) is 9.11. The van der Waals surface area contributed by atoms with Gasteiger partial charge in [0.25, 0.3) is 0 Å². The van der Waals surface area contributed by atoms with Crippen molar-refractivity contribution < 1.29 is 9.35 Å². The maximum absolute atomic E-state index is 12.1. The Hall–Kier alpha value is -0.220. The standard InChI is InChI=1S/C26H45NO2S/c1-25-15-4-3-7-19(25)10-12-21-22-13-11-20(26(22,2)16-14-23(21)25)8-5-9-24(28)27-17-6-18-30-29/h19-23,29H,3-18H2,1-2H3,(H,27,28)/t19?,20?,21-,22?,23?,25?,26?/m0/s1. The lowest BCUT2D eigenvalue weighted by Gasteiger charge is -2.60. The summed E-state index contributed by atoms with van der Waals surface area (Å²) in [5, 5.41) is 3.01. The molecule has 0 aliphatic heterocycles. The molecule has 0 aromatic carbocycles. The highest BCUT2D eigenvalue weighted by Gasteiger charge is 2.59. The Kier molecular flexibility index (Phi) is 7.44. The molecule has 0 saturated heterocycles. The molecule has 0 aromatic heterocycles. The summed E-state index contributed by atoms with van der Waals surface area (Å²) in [7, 11) is 0. The zero-order chi connectivity index (χ0) is 21.2.